The molecule has 1 heterocycles. The van der Waals surface area contributed by atoms with Crippen LogP contribution in [-0.2, 0) is 9.53 Å². The fraction of sp³-hybridized carbons (Fsp3) is 0.692. The molecule has 3 unspecified atom stereocenters. The molecule has 0 bridgehead atoms. The number of likely N-dealkylation sites (tertiary alicyclic amines) is 1. The molecule has 34 heavy (non-hydrogen) atoms. The van der Waals surface area contributed by atoms with Crippen LogP contribution in [0.3, 0.4) is 0 Å². The zero-order valence-corrected chi connectivity index (χ0v) is 21.0. The van der Waals surface area contributed by atoms with Crippen molar-refractivity contribution in [3.63, 3.8) is 0 Å². The van der Waals surface area contributed by atoms with E-state index in [1.54, 1.807) is 24.1 Å². The Balaban J connectivity index is 1.87. The predicted octanol–water partition coefficient (Wildman–Crippen LogP) is 2.58. The predicted molar refractivity (Wildman–Crippen MR) is 133 cm³/mol. The Morgan fingerprint density at radius 1 is 1.21 bits per heavy atom. The van der Waals surface area contributed by atoms with E-state index in [9.17, 15) is 14.7 Å². The summed E-state index contributed by atoms with van der Waals surface area (Å²) in [5.41, 5.74) is 6.82. The molecule has 192 valence electrons. The number of methoxy groups -OCH3 is 1. The fourth-order valence-electron chi connectivity index (χ4n) is 4.14. The Bertz CT molecular complexity index is 758. The molecule has 2 amide bonds. The number of hydrogen-bond donors (Lipinski definition) is 3. The van der Waals surface area contributed by atoms with Crippen molar-refractivity contribution in [3.8, 4) is 5.75 Å². The molecule has 0 spiro atoms. The number of aliphatic hydroxyl groups excluding tert-OH is 1. The second-order valence-electron chi connectivity index (χ2n) is 9.52. The molecule has 3 atom stereocenters. The lowest BCUT2D eigenvalue weighted by Gasteiger charge is -2.32. The number of ether oxygens (including phenoxy) is 2. The van der Waals surface area contributed by atoms with Crippen LogP contribution in [0.2, 0.25) is 0 Å². The lowest BCUT2D eigenvalue weighted by molar-refractivity contribution is -0.135. The Labute approximate surface area is 204 Å². The number of nitrogens with zero attached hydrogens (tertiary/aromatic N) is 1. The van der Waals surface area contributed by atoms with E-state index in [1.807, 2.05) is 12.1 Å². The summed E-state index contributed by atoms with van der Waals surface area (Å²) in [5.74, 6) is 0.822. The second-order valence-corrected chi connectivity index (χ2v) is 9.52. The maximum Gasteiger partial charge on any atom is 0.255 e. The summed E-state index contributed by atoms with van der Waals surface area (Å²) >= 11 is 0. The van der Waals surface area contributed by atoms with Gasteiger partial charge < -0.3 is 30.5 Å². The van der Waals surface area contributed by atoms with E-state index in [-0.39, 0.29) is 30.2 Å². The first-order valence-corrected chi connectivity index (χ1v) is 12.5. The van der Waals surface area contributed by atoms with Crippen molar-refractivity contribution in [2.24, 2.45) is 17.6 Å². The Morgan fingerprint density at radius 3 is 2.65 bits per heavy atom. The third-order valence-electron chi connectivity index (χ3n) is 6.50. The number of unbranched alkanes of at least 4 members (excludes halogenated alkanes) is 1. The number of para-hydroxylation sites is 1. The third kappa shape index (κ3) is 9.24. The van der Waals surface area contributed by atoms with E-state index in [2.05, 4.69) is 19.2 Å². The zero-order chi connectivity index (χ0) is 24.9. The molecular weight excluding hydrogens is 434 g/mol. The smallest absolute Gasteiger partial charge is 0.255 e. The average Bonchev–Trinajstić information content (AvgIpc) is 2.82. The summed E-state index contributed by atoms with van der Waals surface area (Å²) in [7, 11) is 1.67. The van der Waals surface area contributed by atoms with Crippen LogP contribution in [0.25, 0.3) is 0 Å². The molecule has 0 aromatic heterocycles. The summed E-state index contributed by atoms with van der Waals surface area (Å²) in [6.07, 6.45) is 3.94. The molecule has 8 heteroatoms. The van der Waals surface area contributed by atoms with Crippen LogP contribution in [0, 0.1) is 11.8 Å². The number of β-amino-alcohol motifs (C(OH)–C–C–N with tert-alkyl or cyclic N) is 1. The monoisotopic (exact) mass is 477 g/mol. The number of aliphatic hydroxyl groups is 1. The molecule has 1 aromatic carbocycles. The zero-order valence-electron chi connectivity index (χ0n) is 21.0. The SMILES string of the molecule is COCCCCOc1ccccc1C(=O)NCC(CC(N)C(O)CN1CCCCC1=O)C(C)C. The van der Waals surface area contributed by atoms with Crippen LogP contribution in [-0.4, -0.2) is 73.9 Å². The molecule has 1 fully saturated rings. The number of piperidine rings is 1. The van der Waals surface area contributed by atoms with Gasteiger partial charge in [0, 0.05) is 45.8 Å². The van der Waals surface area contributed by atoms with Gasteiger partial charge in [-0.05, 0) is 56.1 Å². The first kappa shape index (κ1) is 28.1. The van der Waals surface area contributed by atoms with Crippen LogP contribution < -0.4 is 15.8 Å². The minimum atomic E-state index is -0.786. The van der Waals surface area contributed by atoms with E-state index in [4.69, 9.17) is 15.2 Å². The fourth-order valence-corrected chi connectivity index (χ4v) is 4.14. The van der Waals surface area contributed by atoms with E-state index in [0.29, 0.717) is 50.5 Å². The molecule has 1 aliphatic rings. The van der Waals surface area contributed by atoms with Crippen molar-refractivity contribution in [3.05, 3.63) is 29.8 Å². The molecule has 0 saturated carbocycles. The van der Waals surface area contributed by atoms with Gasteiger partial charge in [0.2, 0.25) is 5.91 Å². The molecule has 8 nitrogen and oxygen atoms in total. The summed E-state index contributed by atoms with van der Waals surface area (Å²) < 4.78 is 10.9. The maximum absolute atomic E-state index is 12.9. The average molecular weight is 478 g/mol. The van der Waals surface area contributed by atoms with Crippen LogP contribution in [0.4, 0.5) is 0 Å². The van der Waals surface area contributed by atoms with Crippen LogP contribution in [0.5, 0.6) is 5.75 Å². The number of rotatable bonds is 15. The van der Waals surface area contributed by atoms with Gasteiger partial charge in [0.05, 0.1) is 18.3 Å². The van der Waals surface area contributed by atoms with Crippen molar-refractivity contribution in [2.75, 3.05) is 40.0 Å². The van der Waals surface area contributed by atoms with E-state index < -0.39 is 12.1 Å². The highest BCUT2D eigenvalue weighted by Crippen LogP contribution is 2.21. The van der Waals surface area contributed by atoms with Gasteiger partial charge in [-0.2, -0.15) is 0 Å². The number of nitrogens with two attached hydrogens (primary N) is 1. The van der Waals surface area contributed by atoms with Crippen molar-refractivity contribution < 1.29 is 24.2 Å². The molecule has 0 radical (unpaired) electrons. The highest BCUT2D eigenvalue weighted by Gasteiger charge is 2.27. The van der Waals surface area contributed by atoms with Crippen LogP contribution in [0.15, 0.2) is 24.3 Å². The van der Waals surface area contributed by atoms with Crippen molar-refractivity contribution >= 4 is 11.8 Å². The summed E-state index contributed by atoms with van der Waals surface area (Å²) in [5, 5.41) is 13.6. The minimum Gasteiger partial charge on any atom is -0.493 e. The topological polar surface area (TPSA) is 114 Å². The van der Waals surface area contributed by atoms with Gasteiger partial charge in [-0.3, -0.25) is 9.59 Å². The lowest BCUT2D eigenvalue weighted by Crippen LogP contribution is -2.48. The van der Waals surface area contributed by atoms with Crippen molar-refractivity contribution in [2.45, 2.75) is 64.5 Å². The normalized spacial score (nSPS) is 16.9. The van der Waals surface area contributed by atoms with Crippen molar-refractivity contribution in [1.82, 2.24) is 10.2 Å². The minimum absolute atomic E-state index is 0.0877. The van der Waals surface area contributed by atoms with Gasteiger partial charge in [0.25, 0.3) is 5.91 Å². The molecule has 4 N–H and O–H groups in total. The number of carbonyl (C=O) groups is 2. The first-order valence-electron chi connectivity index (χ1n) is 12.5. The third-order valence-corrected chi connectivity index (χ3v) is 6.50. The molecule has 2 rings (SSSR count). The molecular formula is C26H43N3O5. The Morgan fingerprint density at radius 2 is 1.94 bits per heavy atom. The van der Waals surface area contributed by atoms with Gasteiger partial charge in [-0.15, -0.1) is 0 Å². The highest BCUT2D eigenvalue weighted by molar-refractivity contribution is 5.96. The quantitative estimate of drug-likeness (QED) is 0.335. The van der Waals surface area contributed by atoms with Gasteiger partial charge in [0.15, 0.2) is 0 Å². The summed E-state index contributed by atoms with van der Waals surface area (Å²) in [6.45, 7) is 6.78. The Kier molecular flexibility index (Phi) is 12.4. The number of carbonyl (C=O) groups excluding carboxylic acids is 2. The van der Waals surface area contributed by atoms with Gasteiger partial charge in [0.1, 0.15) is 5.75 Å². The maximum atomic E-state index is 12.9. The summed E-state index contributed by atoms with van der Waals surface area (Å²) in [6, 6.07) is 6.77. The Hall–Kier alpha value is -2.16. The van der Waals surface area contributed by atoms with Gasteiger partial charge >= 0.3 is 0 Å². The number of benzene rings is 1. The molecule has 1 aliphatic heterocycles. The van der Waals surface area contributed by atoms with E-state index in [1.165, 1.54) is 0 Å². The number of nitrogens with one attached hydrogen (secondary N) is 1. The van der Waals surface area contributed by atoms with Crippen LogP contribution >= 0.6 is 0 Å². The van der Waals surface area contributed by atoms with Gasteiger partial charge in [-0.25, -0.2) is 0 Å². The van der Waals surface area contributed by atoms with Crippen LogP contribution in [0.1, 0.15) is 62.7 Å². The molecule has 1 aromatic rings. The van der Waals surface area contributed by atoms with E-state index >= 15 is 0 Å². The van der Waals surface area contributed by atoms with E-state index in [0.717, 1.165) is 25.7 Å². The number of hydrogen-bond acceptors (Lipinski definition) is 6. The largest absolute Gasteiger partial charge is 0.493 e. The first-order chi connectivity index (χ1) is 16.3. The molecule has 0 aliphatic carbocycles. The second kappa shape index (κ2) is 15.0. The molecule has 1 saturated heterocycles. The standard InChI is InChI=1S/C26H43N3O5/c1-19(2)20(16-22(27)23(30)18-29-13-7-6-12-25(29)31)17-28-26(32)21-10-4-5-11-24(21)34-15-9-8-14-33-3/h4-5,10-11,19-20,22-23,30H,6-9,12-18,27H2,1-3H3,(H,28,32). The summed E-state index contributed by atoms with van der Waals surface area (Å²) in [4.78, 5) is 26.7. The van der Waals surface area contributed by atoms with Gasteiger partial charge in [-0.1, -0.05) is 26.0 Å². The highest BCUT2D eigenvalue weighted by atomic mass is 16.5. The lowest BCUT2D eigenvalue weighted by atomic mass is 9.87. The van der Waals surface area contributed by atoms with Crippen molar-refractivity contribution in [1.29, 1.82) is 0 Å². The number of amides is 2.